The van der Waals surface area contributed by atoms with Gasteiger partial charge in [-0.1, -0.05) is 24.3 Å². The van der Waals surface area contributed by atoms with Crippen molar-refractivity contribution in [3.05, 3.63) is 89.5 Å². The molecule has 0 atom stereocenters. The maximum atomic E-state index is 12.5. The minimum Gasteiger partial charge on any atom is -0.454 e. The molecule has 0 aliphatic carbocycles. The highest BCUT2D eigenvalue weighted by Gasteiger charge is 2.13. The van der Waals surface area contributed by atoms with Crippen LogP contribution in [0.3, 0.4) is 0 Å². The Morgan fingerprint density at radius 1 is 0.933 bits per heavy atom. The van der Waals surface area contributed by atoms with E-state index in [9.17, 15) is 9.59 Å². The van der Waals surface area contributed by atoms with Crippen molar-refractivity contribution < 1.29 is 19.1 Å². The fourth-order valence-corrected chi connectivity index (χ4v) is 3.10. The van der Waals surface area contributed by atoms with Crippen molar-refractivity contribution in [2.75, 3.05) is 24.5 Å². The normalized spacial score (nSPS) is 12.0. The first kappa shape index (κ1) is 19.3. The van der Waals surface area contributed by atoms with Crippen molar-refractivity contribution in [1.29, 1.82) is 0 Å². The highest BCUT2D eigenvalue weighted by molar-refractivity contribution is 6.09. The van der Waals surface area contributed by atoms with Crippen molar-refractivity contribution >= 4 is 29.1 Å². The molecule has 4 rings (SSSR count). The van der Waals surface area contributed by atoms with Gasteiger partial charge in [-0.05, 0) is 60.2 Å². The number of rotatable bonds is 6. The Morgan fingerprint density at radius 2 is 1.70 bits per heavy atom. The largest absolute Gasteiger partial charge is 0.454 e. The number of nitrogens with one attached hydrogen (secondary N) is 2. The standard InChI is InChI=1S/C24H20N2O4/c1-25-20-5-3-2-4-19(20)24(28)26-18-10-8-17(9-11-18)21(27)12-6-16-7-13-22-23(14-16)30-15-29-22/h2-14,25H,15H2,1H3,(H,26,28)/b12-6+. The zero-order valence-corrected chi connectivity index (χ0v) is 16.3. The lowest BCUT2D eigenvalue weighted by Crippen LogP contribution is -2.14. The van der Waals surface area contributed by atoms with Crippen LogP contribution < -0.4 is 20.1 Å². The summed E-state index contributed by atoms with van der Waals surface area (Å²) >= 11 is 0. The average Bonchev–Trinajstić information content (AvgIpc) is 3.26. The summed E-state index contributed by atoms with van der Waals surface area (Å²) in [4.78, 5) is 25.0. The molecule has 0 saturated carbocycles. The Morgan fingerprint density at radius 3 is 2.50 bits per heavy atom. The van der Waals surface area contributed by atoms with Crippen LogP contribution in [0.15, 0.2) is 72.8 Å². The molecule has 6 heteroatoms. The summed E-state index contributed by atoms with van der Waals surface area (Å²) in [6.07, 6.45) is 3.24. The van der Waals surface area contributed by atoms with Crippen LogP contribution in [-0.2, 0) is 0 Å². The Kier molecular flexibility index (Phi) is 5.48. The summed E-state index contributed by atoms with van der Waals surface area (Å²) < 4.78 is 10.6. The number of fused-ring (bicyclic) bond motifs is 1. The highest BCUT2D eigenvalue weighted by atomic mass is 16.7. The SMILES string of the molecule is CNc1ccccc1C(=O)Nc1ccc(C(=O)/C=C/c2ccc3c(c2)OCO3)cc1. The molecule has 150 valence electrons. The lowest BCUT2D eigenvalue weighted by atomic mass is 10.1. The number of ketones is 1. The molecule has 1 aliphatic heterocycles. The second-order valence-corrected chi connectivity index (χ2v) is 6.64. The first-order chi connectivity index (χ1) is 14.6. The number of allylic oxidation sites excluding steroid dienone is 1. The summed E-state index contributed by atoms with van der Waals surface area (Å²) in [7, 11) is 1.77. The van der Waals surface area contributed by atoms with E-state index in [0.717, 1.165) is 11.3 Å². The fourth-order valence-electron chi connectivity index (χ4n) is 3.10. The zero-order chi connectivity index (χ0) is 20.9. The predicted molar refractivity (Wildman–Crippen MR) is 116 cm³/mol. The molecule has 0 unspecified atom stereocenters. The Hall–Kier alpha value is -4.06. The second-order valence-electron chi connectivity index (χ2n) is 6.64. The number of ether oxygens (including phenoxy) is 2. The third kappa shape index (κ3) is 4.17. The lowest BCUT2D eigenvalue weighted by Gasteiger charge is -2.10. The van der Waals surface area contributed by atoms with E-state index in [1.54, 1.807) is 43.5 Å². The average molecular weight is 400 g/mol. The molecule has 0 fully saturated rings. The quantitative estimate of drug-likeness (QED) is 0.467. The Labute approximate surface area is 174 Å². The van der Waals surface area contributed by atoms with Gasteiger partial charge in [-0.3, -0.25) is 9.59 Å². The molecule has 2 N–H and O–H groups in total. The van der Waals surface area contributed by atoms with Crippen LogP contribution in [0.2, 0.25) is 0 Å². The highest BCUT2D eigenvalue weighted by Crippen LogP contribution is 2.32. The van der Waals surface area contributed by atoms with Crippen LogP contribution in [0.25, 0.3) is 6.08 Å². The van der Waals surface area contributed by atoms with Gasteiger partial charge in [0.2, 0.25) is 6.79 Å². The van der Waals surface area contributed by atoms with Gasteiger partial charge in [0.25, 0.3) is 5.91 Å². The topological polar surface area (TPSA) is 76.7 Å². The number of para-hydroxylation sites is 1. The first-order valence-corrected chi connectivity index (χ1v) is 9.44. The number of carbonyl (C=O) groups is 2. The molecule has 0 bridgehead atoms. The van der Waals surface area contributed by atoms with E-state index in [-0.39, 0.29) is 18.5 Å². The molecule has 0 aromatic heterocycles. The summed E-state index contributed by atoms with van der Waals surface area (Å²) in [5.41, 5.74) is 3.28. The van der Waals surface area contributed by atoms with E-state index < -0.39 is 0 Å². The van der Waals surface area contributed by atoms with Gasteiger partial charge in [-0.25, -0.2) is 0 Å². The van der Waals surface area contributed by atoms with Gasteiger partial charge in [0.1, 0.15) is 0 Å². The molecule has 30 heavy (non-hydrogen) atoms. The fraction of sp³-hybridized carbons (Fsp3) is 0.0833. The number of amides is 1. The molecule has 0 saturated heterocycles. The van der Waals surface area contributed by atoms with Gasteiger partial charge < -0.3 is 20.1 Å². The summed E-state index contributed by atoms with van der Waals surface area (Å²) in [6, 6.07) is 19.6. The van der Waals surface area contributed by atoms with Crippen molar-refractivity contribution in [1.82, 2.24) is 0 Å². The van der Waals surface area contributed by atoms with E-state index in [1.807, 2.05) is 36.4 Å². The van der Waals surface area contributed by atoms with Crippen molar-refractivity contribution in [3.8, 4) is 11.5 Å². The van der Waals surface area contributed by atoms with Gasteiger partial charge in [-0.15, -0.1) is 0 Å². The molecular weight excluding hydrogens is 380 g/mol. The molecule has 0 radical (unpaired) electrons. The third-order valence-electron chi connectivity index (χ3n) is 4.69. The van der Waals surface area contributed by atoms with Gasteiger partial charge in [0, 0.05) is 24.0 Å². The third-order valence-corrected chi connectivity index (χ3v) is 4.69. The van der Waals surface area contributed by atoms with Crippen LogP contribution in [-0.4, -0.2) is 25.5 Å². The summed E-state index contributed by atoms with van der Waals surface area (Å²) in [5.74, 6) is 1.02. The van der Waals surface area contributed by atoms with E-state index in [0.29, 0.717) is 28.3 Å². The van der Waals surface area contributed by atoms with E-state index in [4.69, 9.17) is 9.47 Å². The van der Waals surface area contributed by atoms with Crippen LogP contribution in [0.1, 0.15) is 26.3 Å². The van der Waals surface area contributed by atoms with Gasteiger partial charge >= 0.3 is 0 Å². The van der Waals surface area contributed by atoms with E-state index >= 15 is 0 Å². The summed E-state index contributed by atoms with van der Waals surface area (Å²) in [6.45, 7) is 0.213. The van der Waals surface area contributed by atoms with Crippen LogP contribution in [0.4, 0.5) is 11.4 Å². The molecule has 0 spiro atoms. The van der Waals surface area contributed by atoms with Gasteiger partial charge in [0.15, 0.2) is 17.3 Å². The molecule has 6 nitrogen and oxygen atoms in total. The maximum Gasteiger partial charge on any atom is 0.257 e. The van der Waals surface area contributed by atoms with Gasteiger partial charge in [-0.2, -0.15) is 0 Å². The number of hydrogen-bond acceptors (Lipinski definition) is 5. The Bertz CT molecular complexity index is 1120. The number of carbonyl (C=O) groups excluding carboxylic acids is 2. The monoisotopic (exact) mass is 400 g/mol. The molecule has 1 aliphatic rings. The van der Waals surface area contributed by atoms with Crippen molar-refractivity contribution in [3.63, 3.8) is 0 Å². The molecule has 3 aromatic rings. The van der Waals surface area contributed by atoms with Crippen molar-refractivity contribution in [2.24, 2.45) is 0 Å². The lowest BCUT2D eigenvalue weighted by molar-refractivity contribution is 0.102. The smallest absolute Gasteiger partial charge is 0.257 e. The Balaban J connectivity index is 1.41. The summed E-state index contributed by atoms with van der Waals surface area (Å²) in [5, 5.41) is 5.85. The molecule has 1 heterocycles. The predicted octanol–water partition coefficient (Wildman–Crippen LogP) is 4.61. The van der Waals surface area contributed by atoms with E-state index in [2.05, 4.69) is 10.6 Å². The molecule has 1 amide bonds. The van der Waals surface area contributed by atoms with Crippen LogP contribution >= 0.6 is 0 Å². The maximum absolute atomic E-state index is 12.5. The van der Waals surface area contributed by atoms with Gasteiger partial charge in [0.05, 0.1) is 5.56 Å². The minimum atomic E-state index is -0.221. The number of anilines is 2. The number of benzene rings is 3. The van der Waals surface area contributed by atoms with Crippen molar-refractivity contribution in [2.45, 2.75) is 0 Å². The van der Waals surface area contributed by atoms with E-state index in [1.165, 1.54) is 6.08 Å². The molecule has 3 aromatic carbocycles. The second kappa shape index (κ2) is 8.53. The van der Waals surface area contributed by atoms with Crippen LogP contribution in [0.5, 0.6) is 11.5 Å². The minimum absolute atomic E-state index is 0.133. The number of hydrogen-bond donors (Lipinski definition) is 2. The van der Waals surface area contributed by atoms with Crippen LogP contribution in [0, 0.1) is 0 Å². The first-order valence-electron chi connectivity index (χ1n) is 9.44. The molecular formula is C24H20N2O4. The zero-order valence-electron chi connectivity index (χ0n) is 16.3.